The molecule has 52 heavy (non-hydrogen) atoms. The minimum Gasteiger partial charge on any atom is -0.469 e. The SMILES string of the molecule is C/C=C(\C)C(=O)O[C@H]1C[C@@H](OC(=O)CC)[C@@]2(C(=O)OC)CO[C@H]3[C@H]4O[C@]5(C)[C@H]6C[C@@H](O[C@@H]7OC=C[C@@]76O)[C@]5(O)[C@@]4(C)C4[C@]1(CO[C@]4(O)C(=O)OC)[C@@H]32. The Kier molecular flexibility index (Phi) is 7.58. The van der Waals surface area contributed by atoms with Crippen LogP contribution in [-0.2, 0) is 61.8 Å². The van der Waals surface area contributed by atoms with Crippen molar-refractivity contribution in [1.82, 2.24) is 0 Å². The number of aliphatic hydroxyl groups is 3. The first-order valence-electron chi connectivity index (χ1n) is 17.8. The van der Waals surface area contributed by atoms with Crippen LogP contribution in [0.5, 0.6) is 0 Å². The zero-order chi connectivity index (χ0) is 37.6. The van der Waals surface area contributed by atoms with Crippen molar-refractivity contribution in [2.24, 2.45) is 34.0 Å². The van der Waals surface area contributed by atoms with Crippen molar-refractivity contribution in [3.05, 3.63) is 24.0 Å². The molecule has 3 N–H and O–H groups in total. The number of carbonyl (C=O) groups is 4. The highest BCUT2D eigenvalue weighted by atomic mass is 16.7. The predicted molar refractivity (Wildman–Crippen MR) is 169 cm³/mol. The Morgan fingerprint density at radius 2 is 1.69 bits per heavy atom. The molecule has 2 bridgehead atoms. The zero-order valence-corrected chi connectivity index (χ0v) is 30.1. The highest BCUT2D eigenvalue weighted by Gasteiger charge is 2.94. The van der Waals surface area contributed by atoms with Gasteiger partial charge in [-0.1, -0.05) is 19.9 Å². The molecule has 3 saturated carbocycles. The quantitative estimate of drug-likeness (QED) is 0.189. The van der Waals surface area contributed by atoms with E-state index in [4.69, 9.17) is 42.6 Å². The molecule has 0 aromatic carbocycles. The first-order valence-corrected chi connectivity index (χ1v) is 17.8. The minimum absolute atomic E-state index is 0.0379. The van der Waals surface area contributed by atoms with Gasteiger partial charge in [-0.15, -0.1) is 0 Å². The molecule has 16 heteroatoms. The normalized spacial score (nSPS) is 53.1. The van der Waals surface area contributed by atoms with Gasteiger partial charge in [0, 0.05) is 47.0 Å². The van der Waals surface area contributed by atoms with Gasteiger partial charge in [-0.2, -0.15) is 0 Å². The predicted octanol–water partition coefficient (Wildman–Crippen LogP) is 0.187. The van der Waals surface area contributed by atoms with E-state index < -0.39 is 124 Å². The smallest absolute Gasteiger partial charge is 0.366 e. The van der Waals surface area contributed by atoms with Crippen molar-refractivity contribution in [2.45, 2.75) is 113 Å². The number of hydrogen-bond acceptors (Lipinski definition) is 16. The van der Waals surface area contributed by atoms with Crippen LogP contribution in [0.2, 0.25) is 0 Å². The summed E-state index contributed by atoms with van der Waals surface area (Å²) in [5.41, 5.74) is -10.6. The molecule has 1 spiro atoms. The van der Waals surface area contributed by atoms with Gasteiger partial charge < -0.3 is 58.0 Å². The van der Waals surface area contributed by atoms with E-state index in [2.05, 4.69) is 0 Å². The lowest BCUT2D eigenvalue weighted by Gasteiger charge is -2.65. The summed E-state index contributed by atoms with van der Waals surface area (Å²) in [5.74, 6) is -9.78. The lowest BCUT2D eigenvalue weighted by atomic mass is 9.37. The van der Waals surface area contributed by atoms with Gasteiger partial charge in [0.2, 0.25) is 6.29 Å². The third-order valence-corrected chi connectivity index (χ3v) is 14.4. The fourth-order valence-corrected chi connectivity index (χ4v) is 12.3. The summed E-state index contributed by atoms with van der Waals surface area (Å²) in [6.07, 6.45) is -3.11. The Morgan fingerprint density at radius 1 is 0.981 bits per heavy atom. The molecule has 7 fully saturated rings. The average molecular weight is 735 g/mol. The van der Waals surface area contributed by atoms with Crippen molar-refractivity contribution >= 4 is 23.9 Å². The lowest BCUT2D eigenvalue weighted by Crippen LogP contribution is -2.79. The van der Waals surface area contributed by atoms with Gasteiger partial charge in [-0.25, -0.2) is 9.59 Å². The molecule has 0 radical (unpaired) electrons. The maximum absolute atomic E-state index is 14.4. The third-order valence-electron chi connectivity index (χ3n) is 14.4. The molecule has 286 valence electrons. The molecule has 16 atom stereocenters. The van der Waals surface area contributed by atoms with Gasteiger partial charge in [0.15, 0.2) is 5.60 Å². The largest absolute Gasteiger partial charge is 0.469 e. The summed E-state index contributed by atoms with van der Waals surface area (Å²) in [6.45, 7) is 7.23. The van der Waals surface area contributed by atoms with E-state index in [0.29, 0.717) is 0 Å². The molecular weight excluding hydrogens is 688 g/mol. The fraction of sp³-hybridized carbons (Fsp3) is 0.778. The fourth-order valence-electron chi connectivity index (χ4n) is 12.3. The Hall–Kier alpha value is -3.12. The van der Waals surface area contributed by atoms with Crippen LogP contribution in [0.1, 0.15) is 53.9 Å². The number of rotatable bonds is 6. The topological polar surface area (TPSA) is 212 Å². The maximum Gasteiger partial charge on any atom is 0.366 e. The molecule has 16 nitrogen and oxygen atoms in total. The van der Waals surface area contributed by atoms with E-state index in [1.807, 2.05) is 0 Å². The molecule has 0 amide bonds. The number of allylic oxidation sites excluding steroid dienone is 1. The van der Waals surface area contributed by atoms with E-state index >= 15 is 0 Å². The number of fused-ring (bicyclic) bond motifs is 11. The van der Waals surface area contributed by atoms with Crippen molar-refractivity contribution in [1.29, 1.82) is 0 Å². The van der Waals surface area contributed by atoms with Crippen molar-refractivity contribution in [3.63, 3.8) is 0 Å². The van der Waals surface area contributed by atoms with Crippen molar-refractivity contribution in [3.8, 4) is 0 Å². The molecule has 8 rings (SSSR count). The second kappa shape index (κ2) is 11.0. The summed E-state index contributed by atoms with van der Waals surface area (Å²) in [5, 5.41) is 38.3. The highest BCUT2D eigenvalue weighted by molar-refractivity contribution is 5.88. The molecular formula is C36H46O16. The van der Waals surface area contributed by atoms with Crippen LogP contribution in [0.4, 0.5) is 0 Å². The monoisotopic (exact) mass is 734 g/mol. The number of ether oxygens (including phenoxy) is 9. The van der Waals surface area contributed by atoms with Crippen LogP contribution in [0.15, 0.2) is 24.0 Å². The Balaban J connectivity index is 1.42. The van der Waals surface area contributed by atoms with Gasteiger partial charge in [0.25, 0.3) is 5.79 Å². The number of hydrogen-bond donors (Lipinski definition) is 3. The van der Waals surface area contributed by atoms with Crippen molar-refractivity contribution < 1.29 is 77.1 Å². The first kappa shape index (κ1) is 35.9. The Morgan fingerprint density at radius 3 is 2.35 bits per heavy atom. The summed E-state index contributed by atoms with van der Waals surface area (Å²) in [6, 6.07) is 0. The van der Waals surface area contributed by atoms with Crippen LogP contribution >= 0.6 is 0 Å². The molecule has 4 saturated heterocycles. The molecule has 0 aromatic rings. The highest BCUT2D eigenvalue weighted by Crippen LogP contribution is 2.81. The molecule has 5 heterocycles. The second-order valence-corrected chi connectivity index (χ2v) is 16.0. The van der Waals surface area contributed by atoms with E-state index in [1.165, 1.54) is 19.4 Å². The van der Waals surface area contributed by atoms with Crippen molar-refractivity contribution in [2.75, 3.05) is 27.4 Å². The molecule has 0 aromatic heterocycles. The van der Waals surface area contributed by atoms with Crippen LogP contribution in [0, 0.1) is 34.0 Å². The third kappa shape index (κ3) is 3.67. The Labute approximate surface area is 299 Å². The molecule has 3 aliphatic carbocycles. The number of carbonyl (C=O) groups excluding carboxylic acids is 4. The second-order valence-electron chi connectivity index (χ2n) is 16.0. The van der Waals surface area contributed by atoms with Gasteiger partial charge in [0.1, 0.15) is 28.8 Å². The summed E-state index contributed by atoms with van der Waals surface area (Å²) < 4.78 is 54.7. The zero-order valence-electron chi connectivity index (χ0n) is 30.1. The molecule has 5 aliphatic heterocycles. The summed E-state index contributed by atoms with van der Waals surface area (Å²) >= 11 is 0. The van der Waals surface area contributed by atoms with Crippen LogP contribution in [-0.4, -0.2) is 126 Å². The van der Waals surface area contributed by atoms with Gasteiger partial charge in [-0.05, 0) is 33.3 Å². The van der Waals surface area contributed by atoms with E-state index in [1.54, 1.807) is 40.7 Å². The molecule has 8 aliphatic rings. The average Bonchev–Trinajstić information content (AvgIpc) is 3.89. The summed E-state index contributed by atoms with van der Waals surface area (Å²) in [7, 11) is 2.26. The maximum atomic E-state index is 14.4. The summed E-state index contributed by atoms with van der Waals surface area (Å²) in [4.78, 5) is 55.1. The van der Waals surface area contributed by atoms with Crippen LogP contribution < -0.4 is 0 Å². The Bertz CT molecular complexity index is 1680. The minimum atomic E-state index is -2.82. The lowest BCUT2D eigenvalue weighted by molar-refractivity contribution is -0.315. The molecule has 1 unspecified atom stereocenters. The van der Waals surface area contributed by atoms with E-state index in [0.717, 1.165) is 7.11 Å². The van der Waals surface area contributed by atoms with Crippen LogP contribution in [0.3, 0.4) is 0 Å². The first-order chi connectivity index (χ1) is 24.5. The standard InChI is InChI=1S/C36H46O16/c1-8-16(3)25(38)50-18-13-19(49-21(37)9-2)33(27(39)44-6)14-47-22-23(33)32(18)15-48-35(42,28(40)45-7)26(32)30(4)24(22)52-31(5)17-12-20(36(30,31)43)51-29-34(17,41)10-11-46-29/h8,10-11,17-20,22-24,26,29,41-43H,9,12-15H2,1-7H3/b16-8+/t17-,18+,19-,20-,22-,23-,24-,26?,29+,30-,31-,32+,33+,34+,35+,36+/m1/s1. The van der Waals surface area contributed by atoms with Gasteiger partial charge in [0.05, 0.1) is 52.0 Å². The number of methoxy groups -OCH3 is 2. The van der Waals surface area contributed by atoms with E-state index in [9.17, 15) is 34.5 Å². The van der Waals surface area contributed by atoms with Gasteiger partial charge >= 0.3 is 23.9 Å². The van der Waals surface area contributed by atoms with E-state index in [-0.39, 0.29) is 31.4 Å². The van der Waals surface area contributed by atoms with Gasteiger partial charge in [-0.3, -0.25) is 9.59 Å². The number of esters is 4. The van der Waals surface area contributed by atoms with Crippen LogP contribution in [0.25, 0.3) is 0 Å².